The number of nitrogens with one attached hydrogen (secondary N) is 2. The van der Waals surface area contributed by atoms with Gasteiger partial charge in [-0.2, -0.15) is 5.10 Å². The molecule has 2 heterocycles. The Morgan fingerprint density at radius 3 is 2.64 bits per heavy atom. The summed E-state index contributed by atoms with van der Waals surface area (Å²) in [5.41, 5.74) is 3.38. The van der Waals surface area contributed by atoms with Gasteiger partial charge in [-0.25, -0.2) is 0 Å². The highest BCUT2D eigenvalue weighted by atomic mass is 32.2. The van der Waals surface area contributed by atoms with Crippen LogP contribution in [0.25, 0.3) is 11.4 Å². The molecule has 2 aromatic heterocycles. The minimum absolute atomic E-state index is 0.0930. The highest BCUT2D eigenvalue weighted by Crippen LogP contribution is 2.24. The molecule has 0 unspecified atom stereocenters. The minimum Gasteiger partial charge on any atom is -0.322 e. The fourth-order valence-electron chi connectivity index (χ4n) is 2.52. The Morgan fingerprint density at radius 1 is 1.24 bits per heavy atom. The second-order valence-corrected chi connectivity index (χ2v) is 6.50. The zero-order valence-electron chi connectivity index (χ0n) is 14.4. The molecular formula is C17H20N6OS. The molecule has 3 aromatic rings. The van der Waals surface area contributed by atoms with Gasteiger partial charge in [0.2, 0.25) is 5.91 Å². The fraction of sp³-hybridized carbons (Fsp3) is 0.294. The van der Waals surface area contributed by atoms with E-state index in [-0.39, 0.29) is 11.7 Å². The Kier molecular flexibility index (Phi) is 5.18. The van der Waals surface area contributed by atoms with Crippen molar-refractivity contribution in [3.63, 3.8) is 0 Å². The number of aromatic amines is 1. The number of amides is 1. The molecule has 1 amide bonds. The van der Waals surface area contributed by atoms with Crippen LogP contribution in [0.5, 0.6) is 0 Å². The van der Waals surface area contributed by atoms with Crippen molar-refractivity contribution in [2.24, 2.45) is 0 Å². The molecule has 3 rings (SSSR count). The van der Waals surface area contributed by atoms with Gasteiger partial charge in [-0.1, -0.05) is 42.1 Å². The second kappa shape index (κ2) is 7.52. The lowest BCUT2D eigenvalue weighted by Crippen LogP contribution is -2.15. The third kappa shape index (κ3) is 3.74. The molecule has 0 atom stereocenters. The van der Waals surface area contributed by atoms with Gasteiger partial charge in [0.15, 0.2) is 11.0 Å². The van der Waals surface area contributed by atoms with Gasteiger partial charge >= 0.3 is 0 Å². The van der Waals surface area contributed by atoms with Crippen LogP contribution in [0.2, 0.25) is 0 Å². The number of thioether (sulfide) groups is 1. The number of aryl methyl sites for hydroxylation is 2. The predicted molar refractivity (Wildman–Crippen MR) is 98.5 cm³/mol. The molecule has 0 fully saturated rings. The molecule has 0 aliphatic carbocycles. The number of carbonyl (C=O) groups is 1. The Labute approximate surface area is 150 Å². The lowest BCUT2D eigenvalue weighted by Gasteiger charge is -2.08. The number of carbonyl (C=O) groups excluding carboxylic acids is 1. The van der Waals surface area contributed by atoms with E-state index in [1.54, 1.807) is 0 Å². The van der Waals surface area contributed by atoms with Gasteiger partial charge in [0.1, 0.15) is 0 Å². The van der Waals surface area contributed by atoms with Crippen LogP contribution in [0.4, 0.5) is 5.69 Å². The van der Waals surface area contributed by atoms with E-state index in [1.165, 1.54) is 11.8 Å². The Balaban J connectivity index is 1.69. The van der Waals surface area contributed by atoms with Crippen molar-refractivity contribution in [1.29, 1.82) is 0 Å². The van der Waals surface area contributed by atoms with Gasteiger partial charge in [-0.3, -0.25) is 9.89 Å². The van der Waals surface area contributed by atoms with Crippen LogP contribution < -0.4 is 5.32 Å². The largest absolute Gasteiger partial charge is 0.322 e. The number of hydrogen-bond acceptors (Lipinski definition) is 5. The van der Waals surface area contributed by atoms with Gasteiger partial charge in [0, 0.05) is 12.1 Å². The van der Waals surface area contributed by atoms with Crippen LogP contribution in [-0.2, 0) is 11.3 Å². The first-order valence-electron chi connectivity index (χ1n) is 8.03. The van der Waals surface area contributed by atoms with Crippen molar-refractivity contribution >= 4 is 23.4 Å². The molecule has 0 aliphatic rings. The highest BCUT2D eigenvalue weighted by Gasteiger charge is 2.15. The summed E-state index contributed by atoms with van der Waals surface area (Å²) in [4.78, 5) is 12.2. The van der Waals surface area contributed by atoms with Crippen LogP contribution in [0.3, 0.4) is 0 Å². The second-order valence-electron chi connectivity index (χ2n) is 5.56. The average molecular weight is 356 g/mol. The van der Waals surface area contributed by atoms with Gasteiger partial charge < -0.3 is 9.88 Å². The van der Waals surface area contributed by atoms with Crippen molar-refractivity contribution < 1.29 is 4.79 Å². The molecule has 0 saturated heterocycles. The smallest absolute Gasteiger partial charge is 0.234 e. The van der Waals surface area contributed by atoms with Crippen LogP contribution in [0, 0.1) is 13.8 Å². The quantitative estimate of drug-likeness (QED) is 0.663. The zero-order valence-corrected chi connectivity index (χ0v) is 15.2. The lowest BCUT2D eigenvalue weighted by atomic mass is 10.2. The van der Waals surface area contributed by atoms with Crippen molar-refractivity contribution in [3.8, 4) is 11.4 Å². The molecule has 1 aromatic carbocycles. The maximum Gasteiger partial charge on any atom is 0.234 e. The molecule has 130 valence electrons. The summed E-state index contributed by atoms with van der Waals surface area (Å²) in [5, 5.41) is 19.1. The summed E-state index contributed by atoms with van der Waals surface area (Å²) in [6.07, 6.45) is 0. The first kappa shape index (κ1) is 17.2. The van der Waals surface area contributed by atoms with Crippen molar-refractivity contribution in [3.05, 3.63) is 41.7 Å². The van der Waals surface area contributed by atoms with Crippen molar-refractivity contribution in [2.75, 3.05) is 11.1 Å². The van der Waals surface area contributed by atoms with Crippen LogP contribution >= 0.6 is 11.8 Å². The molecule has 0 aliphatic heterocycles. The van der Waals surface area contributed by atoms with E-state index in [9.17, 15) is 4.79 Å². The Bertz CT molecular complexity index is 851. The summed E-state index contributed by atoms with van der Waals surface area (Å²) in [6.45, 7) is 6.51. The van der Waals surface area contributed by atoms with E-state index in [0.29, 0.717) is 0 Å². The molecule has 0 saturated carbocycles. The summed E-state index contributed by atoms with van der Waals surface area (Å²) < 4.78 is 2.02. The van der Waals surface area contributed by atoms with Crippen molar-refractivity contribution in [1.82, 2.24) is 25.0 Å². The van der Waals surface area contributed by atoms with Gasteiger partial charge in [0.05, 0.1) is 22.8 Å². The fourth-order valence-corrected chi connectivity index (χ4v) is 3.32. The van der Waals surface area contributed by atoms with E-state index >= 15 is 0 Å². The van der Waals surface area contributed by atoms with E-state index < -0.39 is 0 Å². The van der Waals surface area contributed by atoms with E-state index in [4.69, 9.17) is 0 Å². The van der Waals surface area contributed by atoms with Crippen molar-refractivity contribution in [2.45, 2.75) is 32.5 Å². The van der Waals surface area contributed by atoms with Gasteiger partial charge in [-0.05, 0) is 20.8 Å². The lowest BCUT2D eigenvalue weighted by molar-refractivity contribution is -0.113. The average Bonchev–Trinajstić information content (AvgIpc) is 3.18. The number of H-pyrrole nitrogens is 1. The van der Waals surface area contributed by atoms with Gasteiger partial charge in [-0.15, -0.1) is 10.2 Å². The summed E-state index contributed by atoms with van der Waals surface area (Å²) in [7, 11) is 0. The first-order chi connectivity index (χ1) is 12.1. The molecule has 25 heavy (non-hydrogen) atoms. The number of rotatable bonds is 6. The number of hydrogen-bond donors (Lipinski definition) is 2. The molecule has 2 N–H and O–H groups in total. The summed E-state index contributed by atoms with van der Waals surface area (Å²) >= 11 is 1.38. The third-order valence-electron chi connectivity index (χ3n) is 3.79. The molecule has 0 bridgehead atoms. The molecule has 0 spiro atoms. The number of anilines is 1. The minimum atomic E-state index is -0.0930. The van der Waals surface area contributed by atoms with E-state index in [0.717, 1.165) is 40.2 Å². The normalized spacial score (nSPS) is 10.8. The number of benzene rings is 1. The van der Waals surface area contributed by atoms with E-state index in [2.05, 4.69) is 25.7 Å². The van der Waals surface area contributed by atoms with Crippen LogP contribution in [0.1, 0.15) is 18.3 Å². The topological polar surface area (TPSA) is 88.5 Å². The molecule has 0 radical (unpaired) electrons. The number of nitrogens with zero attached hydrogens (tertiary/aromatic N) is 4. The summed E-state index contributed by atoms with van der Waals surface area (Å²) in [6, 6.07) is 9.92. The Morgan fingerprint density at radius 2 is 2.00 bits per heavy atom. The molecular weight excluding hydrogens is 336 g/mol. The van der Waals surface area contributed by atoms with Gasteiger partial charge in [0.25, 0.3) is 0 Å². The van der Waals surface area contributed by atoms with Crippen LogP contribution in [-0.4, -0.2) is 36.6 Å². The third-order valence-corrected chi connectivity index (χ3v) is 4.76. The molecule has 8 heteroatoms. The SMILES string of the molecule is CCn1c(SCC(=O)Nc2c(C)n[nH]c2C)nnc1-c1ccccc1. The standard InChI is InChI=1S/C17H20N6OS/c1-4-23-16(13-8-6-5-7-9-13)21-22-17(23)25-10-14(24)18-15-11(2)19-20-12(15)3/h5-9H,4,10H2,1-3H3,(H,18,24)(H,19,20). The highest BCUT2D eigenvalue weighted by molar-refractivity contribution is 7.99. The maximum atomic E-state index is 12.2. The Hall–Kier alpha value is -2.61. The first-order valence-corrected chi connectivity index (χ1v) is 9.01. The number of aromatic nitrogens is 5. The zero-order chi connectivity index (χ0) is 17.8. The monoisotopic (exact) mass is 356 g/mol. The predicted octanol–water partition coefficient (Wildman–Crippen LogP) is 3.04. The van der Waals surface area contributed by atoms with Crippen LogP contribution in [0.15, 0.2) is 35.5 Å². The molecule has 7 nitrogen and oxygen atoms in total. The van der Waals surface area contributed by atoms with E-state index in [1.807, 2.05) is 55.7 Å². The maximum absolute atomic E-state index is 12.2. The summed E-state index contributed by atoms with van der Waals surface area (Å²) in [5.74, 6) is 0.980.